The molecular weight excluding hydrogens is 347 g/mol. The fourth-order valence-electron chi connectivity index (χ4n) is 2.10. The molecule has 2 N–H and O–H groups in total. The molecule has 140 valence electrons. The molecule has 0 aliphatic rings. The van der Waals surface area contributed by atoms with E-state index >= 15 is 0 Å². The minimum absolute atomic E-state index is 0.0729. The van der Waals surface area contributed by atoms with Crippen LogP contribution in [0.2, 0.25) is 0 Å². The lowest BCUT2D eigenvalue weighted by molar-refractivity contribution is -0.137. The number of hydrogen-bond acceptors (Lipinski definition) is 5. The summed E-state index contributed by atoms with van der Waals surface area (Å²) in [5.41, 5.74) is -0.459. The average Bonchev–Trinajstić information content (AvgIpc) is 2.59. The Bertz CT molecular complexity index is 715. The van der Waals surface area contributed by atoms with Crippen molar-refractivity contribution >= 4 is 17.4 Å². The van der Waals surface area contributed by atoms with Crippen molar-refractivity contribution in [2.45, 2.75) is 12.6 Å². The second-order valence-electron chi connectivity index (χ2n) is 5.92. The molecule has 0 bridgehead atoms. The highest BCUT2D eigenvalue weighted by Crippen LogP contribution is 2.29. The number of carbonyl (C=O) groups is 1. The van der Waals surface area contributed by atoms with Crippen molar-refractivity contribution in [1.82, 2.24) is 15.1 Å². The molecule has 0 radical (unpaired) electrons. The third-order valence-electron chi connectivity index (χ3n) is 3.46. The molecule has 1 amide bonds. The van der Waals surface area contributed by atoms with Crippen LogP contribution in [0, 0.1) is 0 Å². The highest BCUT2D eigenvalue weighted by molar-refractivity contribution is 6.02. The van der Waals surface area contributed by atoms with Crippen molar-refractivity contribution in [3.8, 4) is 0 Å². The number of carbonyl (C=O) groups excluding carboxylic acids is 1. The van der Waals surface area contributed by atoms with Crippen LogP contribution in [0.1, 0.15) is 22.5 Å². The van der Waals surface area contributed by atoms with Gasteiger partial charge in [0.25, 0.3) is 5.91 Å². The third kappa shape index (κ3) is 5.99. The topological polar surface area (TPSA) is 70.2 Å². The van der Waals surface area contributed by atoms with Crippen LogP contribution in [0.25, 0.3) is 0 Å². The Morgan fingerprint density at radius 1 is 1.08 bits per heavy atom. The fourth-order valence-corrected chi connectivity index (χ4v) is 2.10. The van der Waals surface area contributed by atoms with Gasteiger partial charge in [-0.1, -0.05) is 0 Å². The number of alkyl halides is 3. The van der Waals surface area contributed by atoms with Gasteiger partial charge in [0, 0.05) is 12.2 Å². The van der Waals surface area contributed by atoms with Crippen molar-refractivity contribution in [3.05, 3.63) is 47.7 Å². The van der Waals surface area contributed by atoms with Crippen molar-refractivity contribution in [2.24, 2.45) is 0 Å². The summed E-state index contributed by atoms with van der Waals surface area (Å²) in [6, 6.07) is 7.32. The average molecular weight is 367 g/mol. The Hall–Kier alpha value is -2.68. The number of nitrogens with one attached hydrogen (secondary N) is 2. The zero-order valence-corrected chi connectivity index (χ0v) is 14.5. The molecule has 0 spiro atoms. The van der Waals surface area contributed by atoms with E-state index in [1.165, 1.54) is 18.2 Å². The van der Waals surface area contributed by atoms with Gasteiger partial charge in [-0.2, -0.15) is 13.2 Å². The normalized spacial score (nSPS) is 11.5. The number of nitrogens with zero attached hydrogens (tertiary/aromatic N) is 3. The van der Waals surface area contributed by atoms with Crippen LogP contribution >= 0.6 is 0 Å². The minimum Gasteiger partial charge on any atom is -0.369 e. The highest BCUT2D eigenvalue weighted by Gasteiger charge is 2.30. The number of aromatic nitrogens is 2. The van der Waals surface area contributed by atoms with E-state index in [0.717, 1.165) is 31.6 Å². The summed E-state index contributed by atoms with van der Waals surface area (Å²) in [5, 5.41) is 13.3. The van der Waals surface area contributed by atoms with Gasteiger partial charge in [-0.25, -0.2) is 0 Å². The van der Waals surface area contributed by atoms with E-state index in [9.17, 15) is 18.0 Å². The summed E-state index contributed by atoms with van der Waals surface area (Å²) >= 11 is 0. The quantitative estimate of drug-likeness (QED) is 0.736. The van der Waals surface area contributed by atoms with Crippen LogP contribution in [-0.4, -0.2) is 48.2 Å². The van der Waals surface area contributed by atoms with Crippen LogP contribution in [0.15, 0.2) is 36.4 Å². The van der Waals surface area contributed by atoms with Crippen LogP contribution in [-0.2, 0) is 6.18 Å². The SMILES string of the molecule is CN(C)CCCNc1ccc(C(=O)Nc2ccc(C(F)(F)F)cc2)nn1. The van der Waals surface area contributed by atoms with E-state index in [1.807, 2.05) is 14.1 Å². The van der Waals surface area contributed by atoms with Crippen molar-refractivity contribution in [1.29, 1.82) is 0 Å². The van der Waals surface area contributed by atoms with Crippen LogP contribution < -0.4 is 10.6 Å². The summed E-state index contributed by atoms with van der Waals surface area (Å²) in [4.78, 5) is 14.2. The Morgan fingerprint density at radius 3 is 2.31 bits per heavy atom. The first-order valence-electron chi connectivity index (χ1n) is 7.96. The molecule has 0 unspecified atom stereocenters. The van der Waals surface area contributed by atoms with Gasteiger partial charge in [0.2, 0.25) is 0 Å². The standard InChI is InChI=1S/C17H20F3N5O/c1-25(2)11-3-10-21-15-9-8-14(23-24-15)16(26)22-13-6-4-12(5-7-13)17(18,19)20/h4-9H,3,10-11H2,1-2H3,(H,21,24)(H,22,26). The largest absolute Gasteiger partial charge is 0.416 e. The van der Waals surface area contributed by atoms with Gasteiger partial charge < -0.3 is 15.5 Å². The van der Waals surface area contributed by atoms with E-state index in [0.29, 0.717) is 5.82 Å². The van der Waals surface area contributed by atoms with Gasteiger partial charge in [0.05, 0.1) is 5.56 Å². The molecule has 0 aliphatic heterocycles. The lowest BCUT2D eigenvalue weighted by Gasteiger charge is -2.10. The highest BCUT2D eigenvalue weighted by atomic mass is 19.4. The van der Waals surface area contributed by atoms with Gasteiger partial charge in [-0.05, 0) is 63.5 Å². The van der Waals surface area contributed by atoms with Crippen molar-refractivity contribution < 1.29 is 18.0 Å². The molecule has 1 heterocycles. The predicted octanol–water partition coefficient (Wildman–Crippen LogP) is 3.11. The second-order valence-corrected chi connectivity index (χ2v) is 5.92. The maximum atomic E-state index is 12.5. The number of anilines is 2. The van der Waals surface area contributed by atoms with Crippen LogP contribution in [0.5, 0.6) is 0 Å². The molecule has 2 rings (SSSR count). The fraction of sp³-hybridized carbons (Fsp3) is 0.353. The minimum atomic E-state index is -4.41. The Labute approximate surface area is 149 Å². The molecular formula is C17H20F3N5O. The zero-order chi connectivity index (χ0) is 19.2. The lowest BCUT2D eigenvalue weighted by atomic mass is 10.2. The van der Waals surface area contributed by atoms with Gasteiger partial charge in [0.15, 0.2) is 5.69 Å². The molecule has 0 atom stereocenters. The van der Waals surface area contributed by atoms with Crippen LogP contribution in [0.4, 0.5) is 24.7 Å². The Balaban J connectivity index is 1.89. The van der Waals surface area contributed by atoms with E-state index in [2.05, 4.69) is 25.7 Å². The number of hydrogen-bond donors (Lipinski definition) is 2. The predicted molar refractivity (Wildman–Crippen MR) is 93.1 cm³/mol. The Morgan fingerprint density at radius 2 is 1.77 bits per heavy atom. The summed E-state index contributed by atoms with van der Waals surface area (Å²) in [7, 11) is 3.98. The van der Waals surface area contributed by atoms with Crippen LogP contribution in [0.3, 0.4) is 0 Å². The smallest absolute Gasteiger partial charge is 0.369 e. The first-order chi connectivity index (χ1) is 12.3. The molecule has 0 saturated heterocycles. The summed E-state index contributed by atoms with van der Waals surface area (Å²) in [6.07, 6.45) is -3.48. The van der Waals surface area contributed by atoms with E-state index in [4.69, 9.17) is 0 Å². The Kier molecular flexibility index (Phi) is 6.51. The molecule has 0 fully saturated rings. The first-order valence-corrected chi connectivity index (χ1v) is 7.96. The molecule has 1 aromatic carbocycles. The van der Waals surface area contributed by atoms with Gasteiger partial charge >= 0.3 is 6.18 Å². The molecule has 6 nitrogen and oxygen atoms in total. The molecule has 2 aromatic rings. The molecule has 1 aromatic heterocycles. The van der Waals surface area contributed by atoms with Gasteiger partial charge in [-0.15, -0.1) is 10.2 Å². The molecule has 26 heavy (non-hydrogen) atoms. The second kappa shape index (κ2) is 8.61. The summed E-state index contributed by atoms with van der Waals surface area (Å²) < 4.78 is 37.6. The zero-order valence-electron chi connectivity index (χ0n) is 14.5. The molecule has 9 heteroatoms. The number of halogens is 3. The summed E-state index contributed by atoms with van der Waals surface area (Å²) in [5.74, 6) is 0.00579. The summed E-state index contributed by atoms with van der Waals surface area (Å²) in [6.45, 7) is 1.66. The van der Waals surface area contributed by atoms with Crippen molar-refractivity contribution in [2.75, 3.05) is 37.8 Å². The molecule has 0 aliphatic carbocycles. The lowest BCUT2D eigenvalue weighted by Crippen LogP contribution is -2.17. The van der Waals surface area contributed by atoms with E-state index < -0.39 is 17.6 Å². The maximum Gasteiger partial charge on any atom is 0.416 e. The van der Waals surface area contributed by atoms with Gasteiger partial charge in [-0.3, -0.25) is 4.79 Å². The van der Waals surface area contributed by atoms with Crippen molar-refractivity contribution in [3.63, 3.8) is 0 Å². The monoisotopic (exact) mass is 367 g/mol. The van der Waals surface area contributed by atoms with E-state index in [-0.39, 0.29) is 11.4 Å². The molecule has 0 saturated carbocycles. The van der Waals surface area contributed by atoms with Gasteiger partial charge in [0.1, 0.15) is 5.82 Å². The number of benzene rings is 1. The number of rotatable bonds is 7. The number of amides is 1. The third-order valence-corrected chi connectivity index (χ3v) is 3.46. The first kappa shape index (κ1) is 19.6. The van der Waals surface area contributed by atoms with E-state index in [1.54, 1.807) is 6.07 Å². The maximum absolute atomic E-state index is 12.5.